The molecule has 2 aromatic carbocycles. The Morgan fingerprint density at radius 3 is 2.04 bits per heavy atom. The Morgan fingerprint density at radius 1 is 0.893 bits per heavy atom. The normalized spacial score (nSPS) is 11.5. The van der Waals surface area contributed by atoms with Crippen molar-refractivity contribution in [1.29, 1.82) is 0 Å². The maximum absolute atomic E-state index is 11.9. The van der Waals surface area contributed by atoms with Crippen molar-refractivity contribution < 1.29 is 24.2 Å². The summed E-state index contributed by atoms with van der Waals surface area (Å²) in [6.45, 7) is 0.772. The van der Waals surface area contributed by atoms with Gasteiger partial charge in [-0.15, -0.1) is 0 Å². The zero-order chi connectivity index (χ0) is 20.0. The number of benzene rings is 2. The molecule has 1 amide bonds. The van der Waals surface area contributed by atoms with Crippen molar-refractivity contribution in [3.8, 4) is 0 Å². The van der Waals surface area contributed by atoms with E-state index in [1.165, 1.54) is 0 Å². The highest BCUT2D eigenvalue weighted by atomic mass is 16.5. The van der Waals surface area contributed by atoms with Gasteiger partial charge >= 0.3 is 12.1 Å². The minimum absolute atomic E-state index is 0.0983. The van der Waals surface area contributed by atoms with Gasteiger partial charge in [0.15, 0.2) is 0 Å². The Bertz CT molecular complexity index is 705. The zero-order valence-corrected chi connectivity index (χ0v) is 15.9. The van der Waals surface area contributed by atoms with Crippen molar-refractivity contribution in [3.05, 3.63) is 71.8 Å². The van der Waals surface area contributed by atoms with Crippen molar-refractivity contribution in [1.82, 2.24) is 5.32 Å². The van der Waals surface area contributed by atoms with Gasteiger partial charge in [-0.05, 0) is 29.9 Å². The number of nitrogens with one attached hydrogen (secondary N) is 1. The quantitative estimate of drug-likeness (QED) is 0.457. The summed E-state index contributed by atoms with van der Waals surface area (Å²) in [7, 11) is 0. The van der Waals surface area contributed by atoms with E-state index in [9.17, 15) is 14.7 Å². The predicted molar refractivity (Wildman–Crippen MR) is 105 cm³/mol. The second kappa shape index (κ2) is 12.5. The van der Waals surface area contributed by atoms with Crippen molar-refractivity contribution >= 4 is 12.1 Å². The fourth-order valence-corrected chi connectivity index (χ4v) is 2.65. The molecular weight excluding hydrogens is 358 g/mol. The Hall–Kier alpha value is -2.86. The number of ether oxygens (including phenoxy) is 2. The summed E-state index contributed by atoms with van der Waals surface area (Å²) in [5.41, 5.74) is 1.85. The Morgan fingerprint density at radius 2 is 1.46 bits per heavy atom. The summed E-state index contributed by atoms with van der Waals surface area (Å²) >= 11 is 0. The van der Waals surface area contributed by atoms with E-state index in [2.05, 4.69) is 5.32 Å². The van der Waals surface area contributed by atoms with Gasteiger partial charge in [-0.3, -0.25) is 4.79 Å². The summed E-state index contributed by atoms with van der Waals surface area (Å²) in [4.78, 5) is 23.6. The van der Waals surface area contributed by atoms with Crippen LogP contribution in [0.5, 0.6) is 0 Å². The Labute approximate surface area is 165 Å². The lowest BCUT2D eigenvalue weighted by Gasteiger charge is -2.14. The van der Waals surface area contributed by atoms with E-state index < -0.39 is 6.09 Å². The number of rotatable bonds is 11. The third-order valence-electron chi connectivity index (χ3n) is 4.23. The van der Waals surface area contributed by atoms with Crippen LogP contribution in [0, 0.1) is 5.92 Å². The molecule has 6 nitrogen and oxygen atoms in total. The van der Waals surface area contributed by atoms with Gasteiger partial charge in [0, 0.05) is 13.2 Å². The van der Waals surface area contributed by atoms with Crippen LogP contribution in [0.15, 0.2) is 60.7 Å². The molecule has 0 saturated heterocycles. The molecule has 0 spiro atoms. The van der Waals surface area contributed by atoms with Crippen LogP contribution in [0.1, 0.15) is 30.4 Å². The first-order valence-corrected chi connectivity index (χ1v) is 9.42. The number of carbonyl (C=O) groups excluding carboxylic acids is 2. The zero-order valence-electron chi connectivity index (χ0n) is 15.9. The number of alkyl carbamates (subject to hydrolysis) is 1. The maximum atomic E-state index is 11.9. The van der Waals surface area contributed by atoms with E-state index in [1.807, 2.05) is 60.7 Å². The molecule has 0 fully saturated rings. The van der Waals surface area contributed by atoms with Crippen LogP contribution in [0.3, 0.4) is 0 Å². The van der Waals surface area contributed by atoms with Gasteiger partial charge in [0.2, 0.25) is 0 Å². The molecule has 1 atom stereocenters. The molecule has 0 radical (unpaired) electrons. The third-order valence-corrected chi connectivity index (χ3v) is 4.23. The van der Waals surface area contributed by atoms with Crippen molar-refractivity contribution in [3.63, 3.8) is 0 Å². The molecule has 2 rings (SSSR count). The Kier molecular flexibility index (Phi) is 9.58. The molecule has 2 N–H and O–H groups in total. The standard InChI is InChI=1S/C22H27NO5/c24-15-20(14-21(25)27-16-18-8-3-1-4-9-18)12-7-13-23-22(26)28-17-19-10-5-2-6-11-19/h1-6,8-11,20,24H,7,12-17H2,(H,23,26)/t20-/m1/s1. The van der Waals surface area contributed by atoms with E-state index in [0.29, 0.717) is 19.4 Å². The minimum Gasteiger partial charge on any atom is -0.461 e. The van der Waals surface area contributed by atoms with E-state index in [-0.39, 0.29) is 38.1 Å². The molecule has 150 valence electrons. The van der Waals surface area contributed by atoms with E-state index >= 15 is 0 Å². The minimum atomic E-state index is -0.480. The fourth-order valence-electron chi connectivity index (χ4n) is 2.65. The molecule has 2 aromatic rings. The molecule has 0 aliphatic carbocycles. The number of aliphatic hydroxyl groups excluding tert-OH is 1. The lowest BCUT2D eigenvalue weighted by atomic mass is 10.0. The molecule has 6 heteroatoms. The second-order valence-electron chi connectivity index (χ2n) is 6.53. The summed E-state index contributed by atoms with van der Waals surface area (Å²) in [5, 5.41) is 12.1. The van der Waals surface area contributed by atoms with Crippen molar-refractivity contribution in [2.75, 3.05) is 13.2 Å². The van der Waals surface area contributed by atoms with Gasteiger partial charge < -0.3 is 19.9 Å². The van der Waals surface area contributed by atoms with Crippen LogP contribution in [-0.2, 0) is 27.5 Å². The number of aliphatic hydroxyl groups is 1. The summed E-state index contributed by atoms with van der Waals surface area (Å²) in [6, 6.07) is 18.9. The number of carbonyl (C=O) groups is 2. The van der Waals surface area contributed by atoms with Crippen LogP contribution in [0.25, 0.3) is 0 Å². The molecular formula is C22H27NO5. The average Bonchev–Trinajstić information content (AvgIpc) is 2.74. The molecule has 0 bridgehead atoms. The topological polar surface area (TPSA) is 84.9 Å². The second-order valence-corrected chi connectivity index (χ2v) is 6.53. The first-order chi connectivity index (χ1) is 13.7. The molecule has 28 heavy (non-hydrogen) atoms. The van der Waals surface area contributed by atoms with Crippen LogP contribution >= 0.6 is 0 Å². The van der Waals surface area contributed by atoms with Crippen LogP contribution in [0.2, 0.25) is 0 Å². The lowest BCUT2D eigenvalue weighted by Crippen LogP contribution is -2.26. The SMILES string of the molecule is O=C(C[C@H](CO)CCCNC(=O)OCc1ccccc1)OCc1ccccc1. The fraction of sp³-hybridized carbons (Fsp3) is 0.364. The number of hydrogen-bond donors (Lipinski definition) is 2. The van der Waals surface area contributed by atoms with Crippen LogP contribution in [-0.4, -0.2) is 30.3 Å². The highest BCUT2D eigenvalue weighted by Gasteiger charge is 2.14. The molecule has 0 heterocycles. The highest BCUT2D eigenvalue weighted by molar-refractivity contribution is 5.69. The molecule has 0 aliphatic rings. The third kappa shape index (κ3) is 8.68. The number of esters is 1. The summed E-state index contributed by atoms with van der Waals surface area (Å²) in [5.74, 6) is -0.524. The highest BCUT2D eigenvalue weighted by Crippen LogP contribution is 2.12. The smallest absolute Gasteiger partial charge is 0.407 e. The number of amides is 1. The maximum Gasteiger partial charge on any atom is 0.407 e. The molecule has 0 unspecified atom stereocenters. The average molecular weight is 385 g/mol. The molecule has 0 aliphatic heterocycles. The molecule has 0 saturated carbocycles. The van der Waals surface area contributed by atoms with Crippen LogP contribution in [0.4, 0.5) is 4.79 Å². The van der Waals surface area contributed by atoms with Gasteiger partial charge in [0.25, 0.3) is 0 Å². The van der Waals surface area contributed by atoms with E-state index in [4.69, 9.17) is 9.47 Å². The van der Waals surface area contributed by atoms with Gasteiger partial charge in [-0.25, -0.2) is 4.79 Å². The molecule has 0 aromatic heterocycles. The van der Waals surface area contributed by atoms with Gasteiger partial charge in [0.1, 0.15) is 13.2 Å². The van der Waals surface area contributed by atoms with Crippen LogP contribution < -0.4 is 5.32 Å². The van der Waals surface area contributed by atoms with Gasteiger partial charge in [-0.1, -0.05) is 60.7 Å². The first kappa shape index (κ1) is 21.4. The van der Waals surface area contributed by atoms with Gasteiger partial charge in [-0.2, -0.15) is 0 Å². The summed E-state index contributed by atoms with van der Waals surface area (Å²) < 4.78 is 10.4. The summed E-state index contributed by atoms with van der Waals surface area (Å²) in [6.07, 6.45) is 0.918. The Balaban J connectivity index is 1.57. The largest absolute Gasteiger partial charge is 0.461 e. The van der Waals surface area contributed by atoms with Crippen molar-refractivity contribution in [2.24, 2.45) is 5.92 Å². The van der Waals surface area contributed by atoms with E-state index in [0.717, 1.165) is 11.1 Å². The van der Waals surface area contributed by atoms with E-state index in [1.54, 1.807) is 0 Å². The lowest BCUT2D eigenvalue weighted by molar-refractivity contribution is -0.146. The number of hydrogen-bond acceptors (Lipinski definition) is 5. The van der Waals surface area contributed by atoms with Crippen molar-refractivity contribution in [2.45, 2.75) is 32.5 Å². The predicted octanol–water partition coefficient (Wildman–Crippen LogP) is 3.44. The monoisotopic (exact) mass is 385 g/mol. The first-order valence-electron chi connectivity index (χ1n) is 9.42. The van der Waals surface area contributed by atoms with Gasteiger partial charge in [0.05, 0.1) is 6.42 Å².